The summed E-state index contributed by atoms with van der Waals surface area (Å²) in [6.45, 7) is 10.4. The molecule has 53 heavy (non-hydrogen) atoms. The second kappa shape index (κ2) is 15.0. The zero-order valence-electron chi connectivity index (χ0n) is 30.2. The fourth-order valence-electron chi connectivity index (χ4n) is 6.71. The molecule has 1 radical (unpaired) electrons. The van der Waals surface area contributed by atoms with Crippen LogP contribution in [0.3, 0.4) is 0 Å². The molecule has 4 aromatic carbocycles. The SMILES string of the molecule is Cc1ccc(-c2[c-]cc(C)c(-c3ccccc3)c2)nc1.Cc1ccc2c(n1)oc1c(-c3cc(-c4ccc5ncccc5c4C)c(C)cn3)[c-]ccc12.[Ir]. The predicted octanol–water partition coefficient (Wildman–Crippen LogP) is 11.8. The zero-order chi connectivity index (χ0) is 35.8. The van der Waals surface area contributed by atoms with Crippen molar-refractivity contribution in [1.29, 1.82) is 0 Å². The number of aromatic nitrogens is 4. The van der Waals surface area contributed by atoms with Crippen LogP contribution in [0.5, 0.6) is 0 Å². The van der Waals surface area contributed by atoms with Crippen LogP contribution in [0.2, 0.25) is 0 Å². The minimum absolute atomic E-state index is 0. The molecular weight excluding hydrogens is 829 g/mol. The molecule has 0 N–H and O–H groups in total. The molecule has 0 unspecified atom stereocenters. The van der Waals surface area contributed by atoms with Crippen LogP contribution < -0.4 is 0 Å². The summed E-state index contributed by atoms with van der Waals surface area (Å²) in [6, 6.07) is 43.9. The first-order chi connectivity index (χ1) is 25.3. The number of benzene rings is 4. The quantitative estimate of drug-likeness (QED) is 0.165. The molecule has 9 rings (SSSR count). The van der Waals surface area contributed by atoms with E-state index in [-0.39, 0.29) is 20.1 Å². The van der Waals surface area contributed by atoms with Crippen molar-refractivity contribution < 1.29 is 24.5 Å². The molecule has 5 heterocycles. The number of nitrogens with zero attached hydrogens (tertiary/aromatic N) is 4. The molecule has 6 heteroatoms. The second-order valence-electron chi connectivity index (χ2n) is 13.2. The van der Waals surface area contributed by atoms with Gasteiger partial charge < -0.3 is 14.4 Å². The van der Waals surface area contributed by atoms with Gasteiger partial charge in [-0.2, -0.15) is 0 Å². The Morgan fingerprint density at radius 2 is 1.43 bits per heavy atom. The van der Waals surface area contributed by atoms with Crippen molar-refractivity contribution in [3.8, 4) is 44.8 Å². The van der Waals surface area contributed by atoms with Crippen LogP contribution in [0.15, 0.2) is 132 Å². The third kappa shape index (κ3) is 7.04. The summed E-state index contributed by atoms with van der Waals surface area (Å²) in [7, 11) is 0. The van der Waals surface area contributed by atoms with E-state index in [2.05, 4.69) is 115 Å². The van der Waals surface area contributed by atoms with Gasteiger partial charge in [-0.1, -0.05) is 84.1 Å². The van der Waals surface area contributed by atoms with E-state index >= 15 is 0 Å². The van der Waals surface area contributed by atoms with Crippen LogP contribution in [-0.4, -0.2) is 19.9 Å². The number of aryl methyl sites for hydroxylation is 5. The Morgan fingerprint density at radius 3 is 2.25 bits per heavy atom. The Morgan fingerprint density at radius 1 is 0.604 bits per heavy atom. The van der Waals surface area contributed by atoms with Crippen molar-refractivity contribution in [2.45, 2.75) is 34.6 Å². The third-order valence-electron chi connectivity index (χ3n) is 9.57. The van der Waals surface area contributed by atoms with Crippen molar-refractivity contribution in [3.05, 3.63) is 168 Å². The van der Waals surface area contributed by atoms with Gasteiger partial charge in [-0.15, -0.1) is 47.5 Å². The van der Waals surface area contributed by atoms with Crippen LogP contribution in [0.1, 0.15) is 27.9 Å². The molecular formula is C47H36IrN4O-2. The molecule has 0 spiro atoms. The molecule has 0 aliphatic heterocycles. The zero-order valence-corrected chi connectivity index (χ0v) is 32.5. The molecule has 9 aromatic rings. The van der Waals surface area contributed by atoms with Gasteiger partial charge >= 0.3 is 0 Å². The fourth-order valence-corrected chi connectivity index (χ4v) is 6.71. The Hall–Kier alpha value is -5.81. The average Bonchev–Trinajstić information content (AvgIpc) is 3.54. The summed E-state index contributed by atoms with van der Waals surface area (Å²) >= 11 is 0. The van der Waals surface area contributed by atoms with Gasteiger partial charge in [0.05, 0.1) is 11.1 Å². The van der Waals surface area contributed by atoms with E-state index in [0.717, 1.165) is 66.6 Å². The number of hydrogen-bond donors (Lipinski definition) is 0. The molecule has 5 nitrogen and oxygen atoms in total. The van der Waals surface area contributed by atoms with Gasteiger partial charge in [-0.3, -0.25) is 4.98 Å². The Balaban J connectivity index is 0.000000179. The van der Waals surface area contributed by atoms with Crippen LogP contribution in [0.4, 0.5) is 0 Å². The van der Waals surface area contributed by atoms with Crippen molar-refractivity contribution >= 4 is 33.0 Å². The Kier molecular flexibility index (Phi) is 10.1. The maximum Gasteiger partial charge on any atom is 0.216 e. The van der Waals surface area contributed by atoms with Gasteiger partial charge in [0.15, 0.2) is 0 Å². The van der Waals surface area contributed by atoms with E-state index in [9.17, 15) is 0 Å². The minimum Gasteiger partial charge on any atom is -0.486 e. The molecule has 0 aliphatic rings. The van der Waals surface area contributed by atoms with Crippen LogP contribution in [0.25, 0.3) is 77.7 Å². The van der Waals surface area contributed by atoms with E-state index in [1.165, 1.54) is 33.4 Å². The van der Waals surface area contributed by atoms with Crippen LogP contribution in [0, 0.1) is 46.8 Å². The molecule has 0 saturated heterocycles. The normalized spacial score (nSPS) is 11.0. The number of hydrogen-bond acceptors (Lipinski definition) is 5. The maximum atomic E-state index is 6.19. The van der Waals surface area contributed by atoms with Crippen LogP contribution in [-0.2, 0) is 20.1 Å². The third-order valence-corrected chi connectivity index (χ3v) is 9.57. The van der Waals surface area contributed by atoms with Gasteiger partial charge in [0, 0.05) is 55.2 Å². The van der Waals surface area contributed by atoms with E-state index in [1.54, 1.807) is 0 Å². The first-order valence-corrected chi connectivity index (χ1v) is 17.4. The van der Waals surface area contributed by atoms with E-state index in [1.807, 2.05) is 74.9 Å². The summed E-state index contributed by atoms with van der Waals surface area (Å²) in [5.41, 5.74) is 16.5. The molecule has 0 amide bonds. The summed E-state index contributed by atoms with van der Waals surface area (Å²) < 4.78 is 6.19. The molecule has 0 bridgehead atoms. The monoisotopic (exact) mass is 865 g/mol. The van der Waals surface area contributed by atoms with Crippen molar-refractivity contribution in [3.63, 3.8) is 0 Å². The molecule has 0 aliphatic carbocycles. The minimum atomic E-state index is 0. The first kappa shape index (κ1) is 35.6. The average molecular weight is 865 g/mol. The molecule has 5 aromatic heterocycles. The van der Waals surface area contributed by atoms with Gasteiger partial charge in [-0.05, 0) is 96.7 Å². The van der Waals surface area contributed by atoms with Gasteiger partial charge in [0.25, 0.3) is 0 Å². The summed E-state index contributed by atoms with van der Waals surface area (Å²) in [5, 5.41) is 3.19. The van der Waals surface area contributed by atoms with E-state index in [4.69, 9.17) is 9.40 Å². The number of pyridine rings is 4. The summed E-state index contributed by atoms with van der Waals surface area (Å²) in [6.07, 6.45) is 5.65. The number of rotatable bonds is 4. The van der Waals surface area contributed by atoms with Crippen LogP contribution >= 0.6 is 0 Å². The predicted molar refractivity (Wildman–Crippen MR) is 212 cm³/mol. The molecule has 261 valence electrons. The molecule has 0 fully saturated rings. The molecule has 0 atom stereocenters. The van der Waals surface area contributed by atoms with Crippen molar-refractivity contribution in [1.82, 2.24) is 19.9 Å². The van der Waals surface area contributed by atoms with E-state index in [0.29, 0.717) is 5.71 Å². The second-order valence-corrected chi connectivity index (χ2v) is 13.2. The van der Waals surface area contributed by atoms with Gasteiger partial charge in [0.2, 0.25) is 5.71 Å². The number of fused-ring (bicyclic) bond motifs is 4. The summed E-state index contributed by atoms with van der Waals surface area (Å²) in [4.78, 5) is 18.3. The summed E-state index contributed by atoms with van der Waals surface area (Å²) in [5.74, 6) is 0. The van der Waals surface area contributed by atoms with E-state index < -0.39 is 0 Å². The Labute approximate surface area is 323 Å². The fraction of sp³-hybridized carbons (Fsp3) is 0.106. The first-order valence-electron chi connectivity index (χ1n) is 17.4. The molecule has 0 saturated carbocycles. The topological polar surface area (TPSA) is 64.7 Å². The maximum absolute atomic E-state index is 6.19. The van der Waals surface area contributed by atoms with Crippen molar-refractivity contribution in [2.75, 3.05) is 0 Å². The van der Waals surface area contributed by atoms with Gasteiger partial charge in [-0.25, -0.2) is 4.98 Å². The Bertz CT molecular complexity index is 2740. The van der Waals surface area contributed by atoms with Gasteiger partial charge in [0.1, 0.15) is 0 Å². The smallest absolute Gasteiger partial charge is 0.216 e. The number of furan rings is 1. The standard InChI is InChI=1S/C28H20N3O.C19H16N.Ir/c1-16-15-30-26(14-24(16)19-11-12-25-20(18(19)3)8-5-13-29-25)23-7-4-6-21-22-10-9-17(2)31-28(22)32-27(21)23;1-14-8-11-19(20-13-14)17-10-9-15(2)18(12-17)16-6-4-3-5-7-16;/h4-6,8-15H,1-3H3;3-9,11-13H,1-2H3;/q2*-1;. The largest absolute Gasteiger partial charge is 0.486 e. The van der Waals surface area contributed by atoms with Crippen molar-refractivity contribution in [2.24, 2.45) is 0 Å².